The SMILES string of the molecule is C=C/C=C\N=C(C)CNC(=C)CCC. The summed E-state index contributed by atoms with van der Waals surface area (Å²) >= 11 is 0. The zero-order valence-electron chi connectivity index (χ0n) is 9.21. The van der Waals surface area contributed by atoms with E-state index < -0.39 is 0 Å². The Balaban J connectivity index is 3.77. The first-order valence-electron chi connectivity index (χ1n) is 4.93. The number of nitrogens with one attached hydrogen (secondary N) is 1. The Morgan fingerprint density at radius 1 is 1.50 bits per heavy atom. The van der Waals surface area contributed by atoms with Crippen molar-refractivity contribution in [2.24, 2.45) is 4.99 Å². The van der Waals surface area contributed by atoms with Crippen LogP contribution in [0.25, 0.3) is 0 Å². The molecule has 0 radical (unpaired) electrons. The van der Waals surface area contributed by atoms with Crippen LogP contribution in [0.1, 0.15) is 26.7 Å². The van der Waals surface area contributed by atoms with Gasteiger partial charge in [0.25, 0.3) is 0 Å². The van der Waals surface area contributed by atoms with Crippen LogP contribution in [0.2, 0.25) is 0 Å². The number of allylic oxidation sites excluding steroid dienone is 3. The third kappa shape index (κ3) is 7.35. The van der Waals surface area contributed by atoms with Crippen molar-refractivity contribution in [2.45, 2.75) is 26.7 Å². The highest BCUT2D eigenvalue weighted by molar-refractivity contribution is 5.84. The van der Waals surface area contributed by atoms with E-state index in [-0.39, 0.29) is 0 Å². The van der Waals surface area contributed by atoms with Crippen molar-refractivity contribution in [1.29, 1.82) is 0 Å². The molecular weight excluding hydrogens is 172 g/mol. The fraction of sp³-hybridized carbons (Fsp3) is 0.417. The van der Waals surface area contributed by atoms with Gasteiger partial charge in [-0.2, -0.15) is 0 Å². The normalized spacial score (nSPS) is 11.7. The number of rotatable bonds is 7. The predicted molar refractivity (Wildman–Crippen MR) is 64.5 cm³/mol. The van der Waals surface area contributed by atoms with Gasteiger partial charge < -0.3 is 5.32 Å². The lowest BCUT2D eigenvalue weighted by molar-refractivity contribution is 0.798. The zero-order chi connectivity index (χ0) is 10.8. The van der Waals surface area contributed by atoms with Crippen LogP contribution >= 0.6 is 0 Å². The van der Waals surface area contributed by atoms with Crippen molar-refractivity contribution in [1.82, 2.24) is 5.32 Å². The highest BCUT2D eigenvalue weighted by atomic mass is 14.9. The molecule has 78 valence electrons. The second kappa shape index (κ2) is 8.30. The zero-order valence-corrected chi connectivity index (χ0v) is 9.21. The molecule has 0 saturated carbocycles. The molecule has 0 aliphatic rings. The van der Waals surface area contributed by atoms with Crippen molar-refractivity contribution in [3.63, 3.8) is 0 Å². The Kier molecular flexibility index (Phi) is 7.52. The molecule has 0 unspecified atom stereocenters. The van der Waals surface area contributed by atoms with E-state index in [0.717, 1.165) is 30.8 Å². The van der Waals surface area contributed by atoms with E-state index >= 15 is 0 Å². The second-order valence-corrected chi connectivity index (χ2v) is 3.15. The molecule has 0 aliphatic carbocycles. The van der Waals surface area contributed by atoms with Crippen LogP contribution < -0.4 is 5.32 Å². The Labute approximate surface area is 87.1 Å². The summed E-state index contributed by atoms with van der Waals surface area (Å²) in [7, 11) is 0. The smallest absolute Gasteiger partial charge is 0.0528 e. The molecular formula is C12H20N2. The van der Waals surface area contributed by atoms with Crippen molar-refractivity contribution >= 4 is 5.71 Å². The van der Waals surface area contributed by atoms with Crippen molar-refractivity contribution in [3.05, 3.63) is 37.2 Å². The molecule has 0 spiro atoms. The van der Waals surface area contributed by atoms with E-state index in [2.05, 4.69) is 30.4 Å². The summed E-state index contributed by atoms with van der Waals surface area (Å²) in [6.45, 7) is 12.4. The van der Waals surface area contributed by atoms with Gasteiger partial charge in [-0.05, 0) is 19.4 Å². The quantitative estimate of drug-likeness (QED) is 0.486. The molecule has 0 saturated heterocycles. The minimum absolute atomic E-state index is 0.764. The third-order valence-electron chi connectivity index (χ3n) is 1.66. The van der Waals surface area contributed by atoms with Crippen LogP contribution in [0.4, 0.5) is 0 Å². The summed E-state index contributed by atoms with van der Waals surface area (Å²) in [5, 5.41) is 3.23. The van der Waals surface area contributed by atoms with Gasteiger partial charge in [-0.15, -0.1) is 0 Å². The molecule has 0 atom stereocenters. The van der Waals surface area contributed by atoms with Crippen LogP contribution in [-0.4, -0.2) is 12.3 Å². The molecule has 0 aromatic carbocycles. The minimum Gasteiger partial charge on any atom is -0.384 e. The van der Waals surface area contributed by atoms with E-state index in [0.29, 0.717) is 0 Å². The van der Waals surface area contributed by atoms with Crippen molar-refractivity contribution < 1.29 is 0 Å². The lowest BCUT2D eigenvalue weighted by Gasteiger charge is -2.07. The lowest BCUT2D eigenvalue weighted by Crippen LogP contribution is -2.19. The van der Waals surface area contributed by atoms with E-state index in [1.165, 1.54) is 0 Å². The van der Waals surface area contributed by atoms with Crippen molar-refractivity contribution in [3.8, 4) is 0 Å². The molecule has 0 fully saturated rings. The van der Waals surface area contributed by atoms with Crippen LogP contribution in [-0.2, 0) is 0 Å². The fourth-order valence-corrected chi connectivity index (χ4v) is 0.920. The summed E-state index contributed by atoms with van der Waals surface area (Å²) in [4.78, 5) is 4.21. The van der Waals surface area contributed by atoms with Crippen LogP contribution in [0.5, 0.6) is 0 Å². The average molecular weight is 192 g/mol. The largest absolute Gasteiger partial charge is 0.384 e. The molecule has 0 aliphatic heterocycles. The van der Waals surface area contributed by atoms with E-state index in [4.69, 9.17) is 0 Å². The van der Waals surface area contributed by atoms with Gasteiger partial charge in [0.1, 0.15) is 0 Å². The van der Waals surface area contributed by atoms with Gasteiger partial charge in [0.2, 0.25) is 0 Å². The maximum absolute atomic E-state index is 4.21. The van der Waals surface area contributed by atoms with E-state index in [9.17, 15) is 0 Å². The Bertz CT molecular complexity index is 237. The van der Waals surface area contributed by atoms with Crippen LogP contribution in [0.15, 0.2) is 42.2 Å². The topological polar surface area (TPSA) is 24.4 Å². The first-order chi connectivity index (χ1) is 6.70. The second-order valence-electron chi connectivity index (χ2n) is 3.15. The summed E-state index contributed by atoms with van der Waals surface area (Å²) in [6.07, 6.45) is 7.41. The van der Waals surface area contributed by atoms with Gasteiger partial charge in [-0.25, -0.2) is 0 Å². The highest BCUT2D eigenvalue weighted by Crippen LogP contribution is 1.96. The molecule has 0 aromatic rings. The van der Waals surface area contributed by atoms with Gasteiger partial charge in [0.05, 0.1) is 6.54 Å². The molecule has 0 bridgehead atoms. The predicted octanol–water partition coefficient (Wildman–Crippen LogP) is 3.05. The lowest BCUT2D eigenvalue weighted by atomic mass is 10.2. The van der Waals surface area contributed by atoms with E-state index in [1.54, 1.807) is 12.3 Å². The molecule has 0 heterocycles. The summed E-state index contributed by atoms with van der Waals surface area (Å²) in [5.41, 5.74) is 2.12. The van der Waals surface area contributed by atoms with Gasteiger partial charge in [-0.3, -0.25) is 4.99 Å². The van der Waals surface area contributed by atoms with Crippen LogP contribution in [0.3, 0.4) is 0 Å². The minimum atomic E-state index is 0.764. The maximum atomic E-state index is 4.21. The van der Waals surface area contributed by atoms with Crippen LogP contribution in [0, 0.1) is 0 Å². The van der Waals surface area contributed by atoms with Gasteiger partial charge in [-0.1, -0.05) is 32.6 Å². The highest BCUT2D eigenvalue weighted by Gasteiger charge is 1.92. The Morgan fingerprint density at radius 2 is 2.21 bits per heavy atom. The Hall–Kier alpha value is -1.31. The Morgan fingerprint density at radius 3 is 2.79 bits per heavy atom. The molecule has 0 aromatic heterocycles. The molecule has 2 nitrogen and oxygen atoms in total. The first kappa shape index (κ1) is 12.7. The summed E-state index contributed by atoms with van der Waals surface area (Å²) in [6, 6.07) is 0. The molecule has 0 rings (SSSR count). The fourth-order valence-electron chi connectivity index (χ4n) is 0.920. The van der Waals surface area contributed by atoms with Gasteiger partial charge >= 0.3 is 0 Å². The number of hydrogen-bond acceptors (Lipinski definition) is 2. The standard InChI is InChI=1S/C12H20N2/c1-5-7-9-13-12(4)10-14-11(3)8-6-2/h5,7,9,14H,1,3,6,8,10H2,2,4H3/b9-7-,13-12?. The number of aliphatic imine (C=N–C) groups is 1. The third-order valence-corrected chi connectivity index (χ3v) is 1.66. The molecule has 14 heavy (non-hydrogen) atoms. The van der Waals surface area contributed by atoms with E-state index in [1.807, 2.05) is 13.0 Å². The average Bonchev–Trinajstić information content (AvgIpc) is 2.16. The van der Waals surface area contributed by atoms with Gasteiger partial charge in [0.15, 0.2) is 0 Å². The monoisotopic (exact) mass is 192 g/mol. The molecule has 2 heteroatoms. The summed E-state index contributed by atoms with van der Waals surface area (Å²) < 4.78 is 0. The number of hydrogen-bond donors (Lipinski definition) is 1. The summed E-state index contributed by atoms with van der Waals surface area (Å²) in [5.74, 6) is 0. The maximum Gasteiger partial charge on any atom is 0.0528 e. The van der Waals surface area contributed by atoms with Crippen molar-refractivity contribution in [2.75, 3.05) is 6.54 Å². The molecule has 1 N–H and O–H groups in total. The van der Waals surface area contributed by atoms with Gasteiger partial charge in [0, 0.05) is 17.6 Å². The number of nitrogens with zero attached hydrogens (tertiary/aromatic N) is 1. The first-order valence-corrected chi connectivity index (χ1v) is 4.93. The molecule has 0 amide bonds.